The Kier molecular flexibility index (Phi) is 7.60. The molecule has 0 atom stereocenters. The van der Waals surface area contributed by atoms with Gasteiger partial charge in [0.05, 0.1) is 13.2 Å². The minimum absolute atomic E-state index is 0.0640. The van der Waals surface area contributed by atoms with Crippen molar-refractivity contribution in [2.24, 2.45) is 0 Å². The number of anilines is 2. The third-order valence-electron chi connectivity index (χ3n) is 3.12. The van der Waals surface area contributed by atoms with Crippen molar-refractivity contribution in [2.75, 3.05) is 50.6 Å². The van der Waals surface area contributed by atoms with Crippen LogP contribution < -0.4 is 10.2 Å². The van der Waals surface area contributed by atoms with Gasteiger partial charge in [-0.3, -0.25) is 4.79 Å². The molecule has 1 rings (SSSR count). The lowest BCUT2D eigenvalue weighted by Gasteiger charge is -2.20. The summed E-state index contributed by atoms with van der Waals surface area (Å²) in [6, 6.07) is 9.35. The fraction of sp³-hybridized carbons (Fsp3) is 0.375. The third-order valence-corrected chi connectivity index (χ3v) is 3.12. The van der Waals surface area contributed by atoms with Crippen LogP contribution in [0.2, 0.25) is 0 Å². The van der Waals surface area contributed by atoms with E-state index >= 15 is 0 Å². The smallest absolute Gasteiger partial charge is 0.266 e. The number of nitriles is 1. The van der Waals surface area contributed by atoms with E-state index in [1.165, 1.54) is 11.1 Å². The molecule has 1 amide bonds. The molecule has 0 aliphatic carbocycles. The number of hydrogen-bond donors (Lipinski definition) is 3. The average Bonchev–Trinajstić information content (AvgIpc) is 2.55. The van der Waals surface area contributed by atoms with Crippen LogP contribution in [0, 0.1) is 11.3 Å². The minimum atomic E-state index is -0.535. The number of carbonyl (C=O) groups is 1. The first-order chi connectivity index (χ1) is 11.0. The van der Waals surface area contributed by atoms with E-state index in [1.54, 1.807) is 0 Å². The molecule has 0 bridgehead atoms. The molecule has 0 fully saturated rings. The lowest BCUT2D eigenvalue weighted by molar-refractivity contribution is -0.127. The Morgan fingerprint density at radius 3 is 2.48 bits per heavy atom. The van der Waals surface area contributed by atoms with Crippen molar-refractivity contribution in [3.8, 4) is 6.07 Å². The molecule has 0 spiro atoms. The number of carbonyl (C=O) groups excluding carboxylic acids is 1. The van der Waals surface area contributed by atoms with Gasteiger partial charge in [0.15, 0.2) is 0 Å². The molecule has 0 radical (unpaired) electrons. The van der Waals surface area contributed by atoms with Gasteiger partial charge < -0.3 is 25.3 Å². The lowest BCUT2D eigenvalue weighted by atomic mass is 10.2. The number of amides is 1. The first-order valence-corrected chi connectivity index (χ1v) is 7.18. The molecule has 7 nitrogen and oxygen atoms in total. The van der Waals surface area contributed by atoms with Crippen LogP contribution in [-0.2, 0) is 4.79 Å². The largest absolute Gasteiger partial charge is 0.395 e. The Bertz CT molecular complexity index is 587. The molecule has 0 heterocycles. The van der Waals surface area contributed by atoms with E-state index in [0.717, 1.165) is 11.4 Å². The van der Waals surface area contributed by atoms with Gasteiger partial charge in [0.1, 0.15) is 11.6 Å². The molecule has 0 saturated heterocycles. The van der Waals surface area contributed by atoms with Crippen LogP contribution in [0.15, 0.2) is 36.0 Å². The molecule has 124 valence electrons. The fourth-order valence-electron chi connectivity index (χ4n) is 1.90. The molecule has 0 unspecified atom stereocenters. The number of aliphatic hydroxyl groups excluding tert-OH is 2. The molecule has 0 aliphatic rings. The highest BCUT2D eigenvalue weighted by Crippen LogP contribution is 2.17. The van der Waals surface area contributed by atoms with Crippen LogP contribution in [0.3, 0.4) is 0 Å². The summed E-state index contributed by atoms with van der Waals surface area (Å²) >= 11 is 0. The average molecular weight is 318 g/mol. The fourth-order valence-corrected chi connectivity index (χ4v) is 1.90. The summed E-state index contributed by atoms with van der Waals surface area (Å²) in [7, 11) is 3.84. The highest BCUT2D eigenvalue weighted by atomic mass is 16.3. The van der Waals surface area contributed by atoms with Gasteiger partial charge in [-0.15, -0.1) is 0 Å². The van der Waals surface area contributed by atoms with Gasteiger partial charge in [-0.25, -0.2) is 0 Å². The number of benzene rings is 1. The number of nitrogens with one attached hydrogen (secondary N) is 1. The summed E-state index contributed by atoms with van der Waals surface area (Å²) in [4.78, 5) is 15.4. The number of nitrogens with zero attached hydrogens (tertiary/aromatic N) is 3. The Hall–Kier alpha value is -2.56. The second kappa shape index (κ2) is 9.46. The van der Waals surface area contributed by atoms with E-state index in [9.17, 15) is 4.79 Å². The Labute approximate surface area is 136 Å². The molecular weight excluding hydrogens is 296 g/mol. The minimum Gasteiger partial charge on any atom is -0.395 e. The zero-order chi connectivity index (χ0) is 17.2. The van der Waals surface area contributed by atoms with Gasteiger partial charge in [0.25, 0.3) is 5.91 Å². The van der Waals surface area contributed by atoms with Crippen molar-refractivity contribution in [1.29, 1.82) is 5.26 Å². The van der Waals surface area contributed by atoms with Gasteiger partial charge >= 0.3 is 0 Å². The second-order valence-electron chi connectivity index (χ2n) is 5.00. The topological polar surface area (TPSA) is 99.8 Å². The van der Waals surface area contributed by atoms with Gasteiger partial charge in [-0.2, -0.15) is 5.26 Å². The maximum Gasteiger partial charge on any atom is 0.266 e. The van der Waals surface area contributed by atoms with Crippen LogP contribution in [0.4, 0.5) is 11.4 Å². The van der Waals surface area contributed by atoms with E-state index in [4.69, 9.17) is 15.5 Å². The van der Waals surface area contributed by atoms with Gasteiger partial charge in [0, 0.05) is 44.8 Å². The molecule has 23 heavy (non-hydrogen) atoms. The van der Waals surface area contributed by atoms with Crippen LogP contribution in [0.5, 0.6) is 0 Å². The molecule has 1 aromatic carbocycles. The van der Waals surface area contributed by atoms with E-state index in [2.05, 4.69) is 5.32 Å². The Morgan fingerprint density at radius 1 is 1.30 bits per heavy atom. The van der Waals surface area contributed by atoms with Crippen LogP contribution in [0.1, 0.15) is 0 Å². The molecule has 7 heteroatoms. The summed E-state index contributed by atoms with van der Waals surface area (Å²) in [6.45, 7) is -0.339. The molecule has 0 aliphatic heterocycles. The SMILES string of the molecule is CN(C)c1cccc(N/C=C(/C#N)C(=O)N(CCO)CCO)c1. The highest BCUT2D eigenvalue weighted by Gasteiger charge is 2.17. The number of rotatable bonds is 8. The summed E-state index contributed by atoms with van der Waals surface area (Å²) < 4.78 is 0. The maximum absolute atomic E-state index is 12.2. The third kappa shape index (κ3) is 5.62. The molecule has 0 saturated carbocycles. The predicted octanol–water partition coefficient (Wildman–Crippen LogP) is 0.385. The van der Waals surface area contributed by atoms with Gasteiger partial charge in [0.2, 0.25) is 0 Å². The van der Waals surface area contributed by atoms with Crippen molar-refractivity contribution < 1.29 is 15.0 Å². The van der Waals surface area contributed by atoms with Crippen molar-refractivity contribution in [2.45, 2.75) is 0 Å². The lowest BCUT2D eigenvalue weighted by Crippen LogP contribution is -2.36. The van der Waals surface area contributed by atoms with Gasteiger partial charge in [-0.05, 0) is 18.2 Å². The van der Waals surface area contributed by atoms with Crippen LogP contribution >= 0.6 is 0 Å². The van der Waals surface area contributed by atoms with Crippen molar-refractivity contribution in [3.63, 3.8) is 0 Å². The van der Waals surface area contributed by atoms with Crippen molar-refractivity contribution in [3.05, 3.63) is 36.0 Å². The predicted molar refractivity (Wildman–Crippen MR) is 88.8 cm³/mol. The van der Waals surface area contributed by atoms with E-state index in [1.807, 2.05) is 49.3 Å². The monoisotopic (exact) mass is 318 g/mol. The Balaban J connectivity index is 2.88. The van der Waals surface area contributed by atoms with Crippen molar-refractivity contribution in [1.82, 2.24) is 4.90 Å². The summed E-state index contributed by atoms with van der Waals surface area (Å²) in [6.07, 6.45) is 1.33. The standard InChI is InChI=1S/C16H22N4O3/c1-19(2)15-5-3-4-14(10-15)18-12-13(11-17)16(23)20(6-8-21)7-9-22/h3-5,10,12,18,21-22H,6-9H2,1-2H3/b13-12-. The highest BCUT2D eigenvalue weighted by molar-refractivity contribution is 5.97. The van der Waals surface area contributed by atoms with E-state index < -0.39 is 5.91 Å². The molecule has 3 N–H and O–H groups in total. The van der Waals surface area contributed by atoms with E-state index in [-0.39, 0.29) is 31.9 Å². The second-order valence-corrected chi connectivity index (χ2v) is 5.00. The first-order valence-electron chi connectivity index (χ1n) is 7.18. The Morgan fingerprint density at radius 2 is 1.96 bits per heavy atom. The molecular formula is C16H22N4O3. The van der Waals surface area contributed by atoms with Crippen LogP contribution in [0.25, 0.3) is 0 Å². The van der Waals surface area contributed by atoms with Crippen molar-refractivity contribution >= 4 is 17.3 Å². The zero-order valence-corrected chi connectivity index (χ0v) is 13.4. The maximum atomic E-state index is 12.2. The number of aliphatic hydroxyl groups is 2. The summed E-state index contributed by atoms with van der Waals surface area (Å²) in [5, 5.41) is 30.0. The van der Waals surface area contributed by atoms with Gasteiger partial charge in [-0.1, -0.05) is 6.07 Å². The quantitative estimate of drug-likeness (QED) is 0.473. The first kappa shape index (κ1) is 18.5. The summed E-state index contributed by atoms with van der Waals surface area (Å²) in [5.74, 6) is -0.535. The number of hydrogen-bond acceptors (Lipinski definition) is 6. The summed E-state index contributed by atoms with van der Waals surface area (Å²) in [5.41, 5.74) is 1.63. The molecule has 0 aromatic heterocycles. The van der Waals surface area contributed by atoms with Crippen LogP contribution in [-0.4, -0.2) is 61.4 Å². The zero-order valence-electron chi connectivity index (χ0n) is 13.4. The van der Waals surface area contributed by atoms with E-state index in [0.29, 0.717) is 0 Å². The molecule has 1 aromatic rings. The normalized spacial score (nSPS) is 10.8.